The summed E-state index contributed by atoms with van der Waals surface area (Å²) in [5.74, 6) is -2.43. The molecule has 1 aromatic heterocycles. The van der Waals surface area contributed by atoms with Gasteiger partial charge in [-0.1, -0.05) is 13.0 Å². The maximum atomic E-state index is 13.1. The highest BCUT2D eigenvalue weighted by atomic mass is 32.2. The molecule has 1 aliphatic heterocycles. The van der Waals surface area contributed by atoms with Gasteiger partial charge in [0, 0.05) is 19.1 Å². The van der Waals surface area contributed by atoms with E-state index in [1.165, 1.54) is 4.90 Å². The smallest absolute Gasteiger partial charge is 0.370 e. The number of alkyl halides is 3. The molecule has 0 saturated carbocycles. The summed E-state index contributed by atoms with van der Waals surface area (Å²) in [7, 11) is 1.84. The van der Waals surface area contributed by atoms with Gasteiger partial charge in [0.15, 0.2) is 5.92 Å². The number of carbonyl (C=O) groups is 3. The lowest BCUT2D eigenvalue weighted by Crippen LogP contribution is -2.46. The molecular formula is C24H34F3N7O3S. The summed E-state index contributed by atoms with van der Waals surface area (Å²) in [6.07, 6.45) is -4.61. The van der Waals surface area contributed by atoms with E-state index in [0.29, 0.717) is 18.2 Å². The number of thioether (sulfide) groups is 1. The summed E-state index contributed by atoms with van der Waals surface area (Å²) in [4.78, 5) is 45.3. The van der Waals surface area contributed by atoms with Crippen molar-refractivity contribution in [2.75, 3.05) is 43.9 Å². The van der Waals surface area contributed by atoms with Gasteiger partial charge >= 0.3 is 6.18 Å². The van der Waals surface area contributed by atoms with Crippen molar-refractivity contribution in [1.29, 1.82) is 5.26 Å². The van der Waals surface area contributed by atoms with Crippen molar-refractivity contribution in [3.8, 4) is 6.07 Å². The number of hydrogen-bond donors (Lipinski definition) is 3. The predicted molar refractivity (Wildman–Crippen MR) is 139 cm³/mol. The molecule has 10 nitrogen and oxygen atoms in total. The number of amides is 3. The second-order valence-corrected chi connectivity index (χ2v) is 10.6. The first-order chi connectivity index (χ1) is 17.8. The van der Waals surface area contributed by atoms with Crippen LogP contribution in [0.25, 0.3) is 0 Å². The number of pyridine rings is 1. The minimum atomic E-state index is -4.61. The van der Waals surface area contributed by atoms with Crippen LogP contribution in [0.15, 0.2) is 18.2 Å². The summed E-state index contributed by atoms with van der Waals surface area (Å²) in [6.45, 7) is 6.64. The third-order valence-electron chi connectivity index (χ3n) is 6.04. The van der Waals surface area contributed by atoms with Crippen molar-refractivity contribution >= 4 is 41.1 Å². The maximum absolute atomic E-state index is 13.1. The number of anilines is 2. The second-order valence-electron chi connectivity index (χ2n) is 9.33. The van der Waals surface area contributed by atoms with Crippen LogP contribution >= 0.6 is 11.8 Å². The van der Waals surface area contributed by atoms with Gasteiger partial charge in [0.1, 0.15) is 23.6 Å². The van der Waals surface area contributed by atoms with Crippen molar-refractivity contribution < 1.29 is 27.6 Å². The van der Waals surface area contributed by atoms with Crippen LogP contribution in [0.5, 0.6) is 0 Å². The van der Waals surface area contributed by atoms with Crippen LogP contribution in [-0.2, 0) is 14.4 Å². The van der Waals surface area contributed by atoms with E-state index in [1.54, 1.807) is 36.5 Å². The van der Waals surface area contributed by atoms with Crippen LogP contribution < -0.4 is 16.0 Å². The summed E-state index contributed by atoms with van der Waals surface area (Å²) in [5, 5.41) is 15.6. The molecule has 0 bridgehead atoms. The fourth-order valence-corrected chi connectivity index (χ4v) is 5.32. The quantitative estimate of drug-likeness (QED) is 0.358. The molecule has 0 aromatic carbocycles. The molecule has 3 N–H and O–H groups in total. The molecular weight excluding hydrogens is 523 g/mol. The summed E-state index contributed by atoms with van der Waals surface area (Å²) in [5.41, 5.74) is 0. The average Bonchev–Trinajstić information content (AvgIpc) is 3.17. The lowest BCUT2D eigenvalue weighted by atomic mass is 10.1. The van der Waals surface area contributed by atoms with Gasteiger partial charge in [-0.25, -0.2) is 4.98 Å². The fourth-order valence-electron chi connectivity index (χ4n) is 3.66. The monoisotopic (exact) mass is 557 g/mol. The van der Waals surface area contributed by atoms with E-state index in [9.17, 15) is 32.8 Å². The molecule has 4 unspecified atom stereocenters. The van der Waals surface area contributed by atoms with Crippen LogP contribution in [0.2, 0.25) is 0 Å². The molecule has 14 heteroatoms. The number of nitrogens with one attached hydrogen (secondary N) is 3. The van der Waals surface area contributed by atoms with E-state index in [2.05, 4.69) is 15.6 Å². The molecule has 2 heterocycles. The first-order valence-corrected chi connectivity index (χ1v) is 13.1. The molecule has 210 valence electrons. The normalized spacial score (nSPS) is 19.3. The Hall–Kier alpha value is -3.05. The minimum Gasteiger partial charge on any atom is -0.370 e. The van der Waals surface area contributed by atoms with Gasteiger partial charge in [-0.15, -0.1) is 11.8 Å². The Morgan fingerprint density at radius 2 is 1.92 bits per heavy atom. The Balaban J connectivity index is 2.01. The van der Waals surface area contributed by atoms with Crippen LogP contribution in [0.1, 0.15) is 27.7 Å². The SMILES string of the molecule is CCN1C(=O)C(C(C)CNc2cccc(NC(=O)CN(C)C(C)C)n2)SC1C(C#N)C(=O)NCC(F)(F)F. The Morgan fingerprint density at radius 1 is 1.26 bits per heavy atom. The molecule has 0 spiro atoms. The molecule has 3 amide bonds. The number of halogens is 3. The van der Waals surface area contributed by atoms with Gasteiger partial charge in [0.25, 0.3) is 0 Å². The first-order valence-electron chi connectivity index (χ1n) is 12.2. The van der Waals surface area contributed by atoms with Crippen molar-refractivity contribution in [1.82, 2.24) is 20.1 Å². The minimum absolute atomic E-state index is 0.202. The number of aromatic nitrogens is 1. The Bertz CT molecular complexity index is 1030. The van der Waals surface area contributed by atoms with Crippen LogP contribution in [0.3, 0.4) is 0 Å². The molecule has 2 rings (SSSR count). The number of hydrogen-bond acceptors (Lipinski definition) is 8. The highest BCUT2D eigenvalue weighted by Gasteiger charge is 2.47. The van der Waals surface area contributed by atoms with Crippen molar-refractivity contribution in [3.05, 3.63) is 18.2 Å². The average molecular weight is 558 g/mol. The molecule has 38 heavy (non-hydrogen) atoms. The van der Waals surface area contributed by atoms with Gasteiger partial charge in [-0.3, -0.25) is 19.3 Å². The highest BCUT2D eigenvalue weighted by molar-refractivity contribution is 8.01. The van der Waals surface area contributed by atoms with Crippen molar-refractivity contribution in [3.63, 3.8) is 0 Å². The van der Waals surface area contributed by atoms with E-state index in [-0.39, 0.29) is 36.9 Å². The molecule has 1 aliphatic rings. The maximum Gasteiger partial charge on any atom is 0.405 e. The van der Waals surface area contributed by atoms with Gasteiger partial charge in [0.05, 0.1) is 17.9 Å². The molecule has 4 atom stereocenters. The van der Waals surface area contributed by atoms with Crippen LogP contribution in [-0.4, -0.2) is 88.6 Å². The summed E-state index contributed by atoms with van der Waals surface area (Å²) in [6, 6.07) is 7.07. The number of rotatable bonds is 12. The van der Waals surface area contributed by atoms with Gasteiger partial charge < -0.3 is 20.9 Å². The Kier molecular flexibility index (Phi) is 11.2. The standard InChI is InChI=1S/C24H34F3N7O3S/c1-6-34-22(37)20(38-23(34)16(10-28)21(36)30-13-24(25,26)27)15(4)11-29-17-8-7-9-18(31-17)32-19(35)12-33(5)14(2)3/h7-9,14-16,20,23H,6,11-13H2,1-5H3,(H,30,36)(H2,29,31,32,35). The topological polar surface area (TPSA) is 130 Å². The van der Waals surface area contributed by atoms with Gasteiger partial charge in [-0.2, -0.15) is 18.4 Å². The third-order valence-corrected chi connectivity index (χ3v) is 7.81. The number of nitriles is 1. The molecule has 1 fully saturated rings. The molecule has 1 saturated heterocycles. The van der Waals surface area contributed by atoms with E-state index in [0.717, 1.165) is 11.8 Å². The van der Waals surface area contributed by atoms with Crippen molar-refractivity contribution in [2.24, 2.45) is 11.8 Å². The zero-order valence-electron chi connectivity index (χ0n) is 22.0. The number of nitrogens with zero attached hydrogens (tertiary/aromatic N) is 4. The van der Waals surface area contributed by atoms with E-state index in [4.69, 9.17) is 0 Å². The van der Waals surface area contributed by atoms with E-state index >= 15 is 0 Å². The van der Waals surface area contributed by atoms with Crippen molar-refractivity contribution in [2.45, 2.75) is 50.5 Å². The predicted octanol–water partition coefficient (Wildman–Crippen LogP) is 2.52. The summed E-state index contributed by atoms with van der Waals surface area (Å²) < 4.78 is 37.6. The Labute approximate surface area is 224 Å². The molecule has 0 radical (unpaired) electrons. The van der Waals surface area contributed by atoms with E-state index in [1.807, 2.05) is 32.7 Å². The first kappa shape index (κ1) is 31.2. The lowest BCUT2D eigenvalue weighted by molar-refractivity contribution is -0.141. The number of carbonyl (C=O) groups excluding carboxylic acids is 3. The third kappa shape index (κ3) is 8.76. The zero-order valence-corrected chi connectivity index (χ0v) is 22.8. The second kappa shape index (κ2) is 13.7. The molecule has 0 aliphatic carbocycles. The van der Waals surface area contributed by atoms with E-state index < -0.39 is 35.2 Å². The highest BCUT2D eigenvalue weighted by Crippen LogP contribution is 2.39. The molecule has 1 aromatic rings. The fraction of sp³-hybridized carbons (Fsp3) is 0.625. The number of likely N-dealkylation sites (N-methyl/N-ethyl adjacent to an activating group) is 1. The van der Waals surface area contributed by atoms with Gasteiger partial charge in [-0.05, 0) is 45.9 Å². The largest absolute Gasteiger partial charge is 0.405 e. The summed E-state index contributed by atoms with van der Waals surface area (Å²) >= 11 is 1.10. The Morgan fingerprint density at radius 3 is 2.50 bits per heavy atom. The van der Waals surface area contributed by atoms with Gasteiger partial charge in [0.2, 0.25) is 17.7 Å². The van der Waals surface area contributed by atoms with Crippen LogP contribution in [0, 0.1) is 23.2 Å². The van der Waals surface area contributed by atoms with Crippen LogP contribution in [0.4, 0.5) is 24.8 Å². The zero-order chi connectivity index (χ0) is 28.6. The lowest BCUT2D eigenvalue weighted by Gasteiger charge is -2.25.